The Labute approximate surface area is 135 Å². The van der Waals surface area contributed by atoms with Crippen molar-refractivity contribution in [3.8, 4) is 5.75 Å². The fraction of sp³-hybridized carbons (Fsp3) is 0.294. The zero-order chi connectivity index (χ0) is 15.2. The van der Waals surface area contributed by atoms with Gasteiger partial charge in [0.2, 0.25) is 0 Å². The van der Waals surface area contributed by atoms with Crippen molar-refractivity contribution in [2.75, 3.05) is 18.1 Å². The third-order valence-corrected chi connectivity index (χ3v) is 4.94. The van der Waals surface area contributed by atoms with Crippen LogP contribution in [0.4, 0.5) is 5.69 Å². The van der Waals surface area contributed by atoms with E-state index in [4.69, 9.17) is 22.1 Å². The van der Waals surface area contributed by atoms with Crippen molar-refractivity contribution in [1.82, 2.24) is 0 Å². The summed E-state index contributed by atoms with van der Waals surface area (Å²) in [4.78, 5) is 0.963. The largest absolute Gasteiger partial charge is 0.494 e. The summed E-state index contributed by atoms with van der Waals surface area (Å²) in [6.07, 6.45) is 0.947. The van der Waals surface area contributed by atoms with Gasteiger partial charge in [-0.05, 0) is 55.7 Å². The summed E-state index contributed by atoms with van der Waals surface area (Å²) in [7, 11) is 0. The molecule has 0 heterocycles. The molecule has 4 heteroatoms. The van der Waals surface area contributed by atoms with Crippen molar-refractivity contribution < 1.29 is 4.74 Å². The first kappa shape index (κ1) is 16.1. The highest BCUT2D eigenvalue weighted by Crippen LogP contribution is 2.32. The number of hydrogen-bond donors (Lipinski definition) is 1. The van der Waals surface area contributed by atoms with Gasteiger partial charge in [-0.15, -0.1) is 11.8 Å². The number of halogens is 1. The third kappa shape index (κ3) is 4.58. The average Bonchev–Trinajstić information content (AvgIpc) is 2.45. The van der Waals surface area contributed by atoms with Crippen LogP contribution in [0.1, 0.15) is 17.5 Å². The topological polar surface area (TPSA) is 35.2 Å². The number of ether oxygens (including phenoxy) is 1. The van der Waals surface area contributed by atoms with E-state index in [-0.39, 0.29) is 0 Å². The van der Waals surface area contributed by atoms with E-state index >= 15 is 0 Å². The normalized spacial score (nSPS) is 10.6. The molecule has 0 amide bonds. The lowest BCUT2D eigenvalue weighted by molar-refractivity contribution is 0.318. The van der Waals surface area contributed by atoms with Crippen LogP contribution >= 0.6 is 23.4 Å². The van der Waals surface area contributed by atoms with Crippen LogP contribution in [0.3, 0.4) is 0 Å². The molecular formula is C17H20ClNOS. The summed E-state index contributed by atoms with van der Waals surface area (Å²) >= 11 is 7.82. The fourth-order valence-electron chi connectivity index (χ4n) is 1.90. The zero-order valence-electron chi connectivity index (χ0n) is 12.4. The molecule has 0 bridgehead atoms. The lowest BCUT2D eigenvalue weighted by atomic mass is 10.1. The molecule has 0 aromatic heterocycles. The minimum Gasteiger partial charge on any atom is -0.494 e. The molecule has 0 saturated heterocycles. The minimum absolute atomic E-state index is 0.694. The van der Waals surface area contributed by atoms with Gasteiger partial charge in [0.1, 0.15) is 5.75 Å². The molecular weight excluding hydrogens is 302 g/mol. The Morgan fingerprint density at radius 2 is 1.95 bits per heavy atom. The Morgan fingerprint density at radius 1 is 1.14 bits per heavy atom. The quantitative estimate of drug-likeness (QED) is 0.456. The molecule has 112 valence electrons. The van der Waals surface area contributed by atoms with Gasteiger partial charge in [0.15, 0.2) is 0 Å². The fourth-order valence-corrected chi connectivity index (χ4v) is 3.16. The second-order valence-electron chi connectivity index (χ2n) is 4.95. The van der Waals surface area contributed by atoms with E-state index in [1.54, 1.807) is 11.8 Å². The van der Waals surface area contributed by atoms with Crippen LogP contribution < -0.4 is 10.5 Å². The maximum atomic E-state index is 6.14. The van der Waals surface area contributed by atoms with Gasteiger partial charge >= 0.3 is 0 Å². The molecule has 0 spiro atoms. The summed E-state index contributed by atoms with van der Waals surface area (Å²) in [6, 6.07) is 11.8. The standard InChI is InChI=1S/C17H20ClNOS/c1-12-7-8-14(11-13(12)2)20-9-4-10-21-17-15(18)5-3-6-16(17)19/h3,5-8,11H,4,9-10,19H2,1-2H3. The van der Waals surface area contributed by atoms with Gasteiger partial charge in [-0.3, -0.25) is 0 Å². The summed E-state index contributed by atoms with van der Waals surface area (Å²) < 4.78 is 5.76. The van der Waals surface area contributed by atoms with E-state index in [1.165, 1.54) is 11.1 Å². The van der Waals surface area contributed by atoms with E-state index < -0.39 is 0 Å². The highest BCUT2D eigenvalue weighted by Gasteiger charge is 2.05. The minimum atomic E-state index is 0.694. The monoisotopic (exact) mass is 321 g/mol. The molecule has 2 N–H and O–H groups in total. The number of thioether (sulfide) groups is 1. The number of rotatable bonds is 6. The lowest BCUT2D eigenvalue weighted by Crippen LogP contribution is -1.99. The number of anilines is 1. The van der Waals surface area contributed by atoms with Crippen molar-refractivity contribution in [2.24, 2.45) is 0 Å². The van der Waals surface area contributed by atoms with Crippen LogP contribution in [0.15, 0.2) is 41.3 Å². The molecule has 0 fully saturated rings. The van der Waals surface area contributed by atoms with E-state index in [0.717, 1.165) is 33.5 Å². The van der Waals surface area contributed by atoms with E-state index in [0.29, 0.717) is 6.61 Å². The molecule has 2 aromatic carbocycles. The maximum absolute atomic E-state index is 6.14. The van der Waals surface area contributed by atoms with Crippen molar-refractivity contribution >= 4 is 29.1 Å². The lowest BCUT2D eigenvalue weighted by Gasteiger charge is -2.09. The molecule has 0 aliphatic heterocycles. The zero-order valence-corrected chi connectivity index (χ0v) is 13.9. The molecule has 2 aromatic rings. The number of nitrogens with two attached hydrogens (primary N) is 1. The SMILES string of the molecule is Cc1ccc(OCCCSc2c(N)cccc2Cl)cc1C. The van der Waals surface area contributed by atoms with Crippen molar-refractivity contribution in [2.45, 2.75) is 25.2 Å². The van der Waals surface area contributed by atoms with Gasteiger partial charge < -0.3 is 10.5 Å². The van der Waals surface area contributed by atoms with Gasteiger partial charge in [0, 0.05) is 16.3 Å². The van der Waals surface area contributed by atoms with Crippen LogP contribution in [-0.2, 0) is 0 Å². The average molecular weight is 322 g/mol. The Bertz CT molecular complexity index is 595. The summed E-state index contributed by atoms with van der Waals surface area (Å²) in [5.41, 5.74) is 9.20. The second-order valence-corrected chi connectivity index (χ2v) is 6.47. The van der Waals surface area contributed by atoms with Crippen molar-refractivity contribution in [1.29, 1.82) is 0 Å². The predicted octanol–water partition coefficient (Wildman–Crippen LogP) is 5.10. The van der Waals surface area contributed by atoms with Crippen LogP contribution in [0.2, 0.25) is 5.02 Å². The van der Waals surface area contributed by atoms with Crippen molar-refractivity contribution in [3.63, 3.8) is 0 Å². The van der Waals surface area contributed by atoms with Gasteiger partial charge in [-0.2, -0.15) is 0 Å². The summed E-state index contributed by atoms with van der Waals surface area (Å²) in [6.45, 7) is 4.89. The molecule has 0 unspecified atom stereocenters. The van der Waals surface area contributed by atoms with Gasteiger partial charge in [-0.25, -0.2) is 0 Å². The molecule has 0 saturated carbocycles. The Balaban J connectivity index is 1.76. The van der Waals surface area contributed by atoms with Crippen LogP contribution in [-0.4, -0.2) is 12.4 Å². The Kier molecular flexibility index (Phi) is 5.83. The first-order chi connectivity index (χ1) is 10.1. The molecule has 2 rings (SSSR count). The summed E-state index contributed by atoms with van der Waals surface area (Å²) in [5, 5.41) is 0.718. The highest BCUT2D eigenvalue weighted by atomic mass is 35.5. The highest BCUT2D eigenvalue weighted by molar-refractivity contribution is 7.99. The summed E-state index contributed by atoms with van der Waals surface area (Å²) in [5.74, 6) is 1.86. The van der Waals surface area contributed by atoms with Crippen LogP contribution in [0.5, 0.6) is 5.75 Å². The Hall–Kier alpha value is -1.32. The Morgan fingerprint density at radius 3 is 2.67 bits per heavy atom. The van der Waals surface area contributed by atoms with Gasteiger partial charge in [0.25, 0.3) is 0 Å². The predicted molar refractivity (Wildman–Crippen MR) is 92.6 cm³/mol. The van der Waals surface area contributed by atoms with E-state index in [1.807, 2.05) is 24.3 Å². The first-order valence-corrected chi connectivity index (χ1v) is 8.31. The molecule has 0 aliphatic rings. The number of nitrogen functional groups attached to an aromatic ring is 1. The van der Waals surface area contributed by atoms with E-state index in [2.05, 4.69) is 26.0 Å². The number of benzene rings is 2. The van der Waals surface area contributed by atoms with Crippen LogP contribution in [0.25, 0.3) is 0 Å². The number of aryl methyl sites for hydroxylation is 2. The van der Waals surface area contributed by atoms with Crippen LogP contribution in [0, 0.1) is 13.8 Å². The van der Waals surface area contributed by atoms with Gasteiger partial charge in [-0.1, -0.05) is 23.7 Å². The second kappa shape index (κ2) is 7.62. The van der Waals surface area contributed by atoms with Gasteiger partial charge in [0.05, 0.1) is 11.6 Å². The van der Waals surface area contributed by atoms with E-state index in [9.17, 15) is 0 Å². The van der Waals surface area contributed by atoms with Crippen molar-refractivity contribution in [3.05, 3.63) is 52.5 Å². The first-order valence-electron chi connectivity index (χ1n) is 6.95. The number of hydrogen-bond acceptors (Lipinski definition) is 3. The molecule has 0 atom stereocenters. The maximum Gasteiger partial charge on any atom is 0.119 e. The molecule has 0 aliphatic carbocycles. The third-order valence-electron chi connectivity index (χ3n) is 3.28. The molecule has 0 radical (unpaired) electrons. The smallest absolute Gasteiger partial charge is 0.119 e. The molecule has 21 heavy (non-hydrogen) atoms. The molecule has 2 nitrogen and oxygen atoms in total.